The molecule has 0 bridgehead atoms. The molecule has 0 saturated heterocycles. The summed E-state index contributed by atoms with van der Waals surface area (Å²) in [5.41, 5.74) is 2.72. The molecule has 3 aromatic rings. The Kier molecular flexibility index (Phi) is 8.94. The van der Waals surface area contributed by atoms with Crippen molar-refractivity contribution >= 4 is 23.4 Å². The maximum atomic E-state index is 13.6. The van der Waals surface area contributed by atoms with Crippen LogP contribution in [0.4, 0.5) is 0 Å². The summed E-state index contributed by atoms with van der Waals surface area (Å²) in [6, 6.07) is 24.0. The standard InChI is InChI=1S/C29H33ClN2O3/c1-29(2,3)24-12-8-9-13-26(24)35-20-27(33)32(19-22-14-16-23(30)17-15-22)25(28(34)31-4)18-21-10-6-5-7-11-21/h5-17,25H,18-20H2,1-4H3,(H,31,34)/t25-/m0/s1. The van der Waals surface area contributed by atoms with E-state index in [9.17, 15) is 9.59 Å². The monoisotopic (exact) mass is 492 g/mol. The van der Waals surface area contributed by atoms with Gasteiger partial charge in [0, 0.05) is 25.0 Å². The molecule has 0 aromatic heterocycles. The number of nitrogens with one attached hydrogen (secondary N) is 1. The van der Waals surface area contributed by atoms with Crippen molar-refractivity contribution in [2.75, 3.05) is 13.7 Å². The predicted molar refractivity (Wildman–Crippen MR) is 141 cm³/mol. The van der Waals surface area contributed by atoms with Crippen molar-refractivity contribution in [2.45, 2.75) is 45.2 Å². The second-order valence-electron chi connectivity index (χ2n) is 9.50. The number of ether oxygens (including phenoxy) is 1. The van der Waals surface area contributed by atoms with Gasteiger partial charge >= 0.3 is 0 Å². The van der Waals surface area contributed by atoms with E-state index in [-0.39, 0.29) is 30.4 Å². The van der Waals surface area contributed by atoms with Crippen LogP contribution in [0.5, 0.6) is 5.75 Å². The number of rotatable bonds is 9. The minimum Gasteiger partial charge on any atom is -0.483 e. The van der Waals surface area contributed by atoms with Crippen molar-refractivity contribution in [3.8, 4) is 5.75 Å². The van der Waals surface area contributed by atoms with Gasteiger partial charge in [0.2, 0.25) is 5.91 Å². The van der Waals surface area contributed by atoms with E-state index < -0.39 is 6.04 Å². The second-order valence-corrected chi connectivity index (χ2v) is 9.94. The highest BCUT2D eigenvalue weighted by Crippen LogP contribution is 2.31. The summed E-state index contributed by atoms with van der Waals surface area (Å²) in [5, 5.41) is 3.34. The number of benzene rings is 3. The van der Waals surface area contributed by atoms with Crippen LogP contribution in [0.3, 0.4) is 0 Å². The van der Waals surface area contributed by atoms with Crippen LogP contribution in [0.25, 0.3) is 0 Å². The third kappa shape index (κ3) is 7.33. The zero-order valence-electron chi connectivity index (χ0n) is 20.8. The number of nitrogens with zero attached hydrogens (tertiary/aromatic N) is 1. The van der Waals surface area contributed by atoms with E-state index in [1.54, 1.807) is 24.1 Å². The third-order valence-corrected chi connectivity index (χ3v) is 6.08. The van der Waals surface area contributed by atoms with Gasteiger partial charge in [-0.05, 0) is 40.3 Å². The number of hydrogen-bond acceptors (Lipinski definition) is 3. The summed E-state index contributed by atoms with van der Waals surface area (Å²) in [4.78, 5) is 28.2. The number of carbonyl (C=O) groups is 2. The van der Waals surface area contributed by atoms with Gasteiger partial charge in [-0.3, -0.25) is 9.59 Å². The Hall–Kier alpha value is -3.31. The number of carbonyl (C=O) groups excluding carboxylic acids is 2. The molecule has 1 atom stereocenters. The summed E-state index contributed by atoms with van der Waals surface area (Å²) in [5.74, 6) is 0.166. The molecule has 1 N–H and O–H groups in total. The maximum Gasteiger partial charge on any atom is 0.261 e. The second kappa shape index (κ2) is 11.9. The van der Waals surface area contributed by atoms with Gasteiger partial charge in [0.05, 0.1) is 0 Å². The lowest BCUT2D eigenvalue weighted by Crippen LogP contribution is -2.51. The van der Waals surface area contributed by atoms with Gasteiger partial charge in [0.1, 0.15) is 11.8 Å². The SMILES string of the molecule is CNC(=O)[C@H](Cc1ccccc1)N(Cc1ccc(Cl)cc1)C(=O)COc1ccccc1C(C)(C)C. The number of para-hydroxylation sites is 1. The highest BCUT2D eigenvalue weighted by atomic mass is 35.5. The van der Waals surface area contributed by atoms with Crippen molar-refractivity contribution in [3.63, 3.8) is 0 Å². The molecule has 0 radical (unpaired) electrons. The minimum absolute atomic E-state index is 0.138. The highest BCUT2D eigenvalue weighted by molar-refractivity contribution is 6.30. The lowest BCUT2D eigenvalue weighted by Gasteiger charge is -2.31. The molecule has 0 aliphatic heterocycles. The molecule has 0 spiro atoms. The smallest absolute Gasteiger partial charge is 0.261 e. The Morgan fingerprint density at radius 2 is 1.54 bits per heavy atom. The fourth-order valence-electron chi connectivity index (χ4n) is 3.94. The lowest BCUT2D eigenvalue weighted by atomic mass is 9.86. The molecule has 0 unspecified atom stereocenters. The molecule has 3 aromatic carbocycles. The van der Waals surface area contributed by atoms with E-state index in [0.717, 1.165) is 16.7 Å². The Balaban J connectivity index is 1.90. The molecule has 2 amide bonds. The average Bonchev–Trinajstić information content (AvgIpc) is 2.85. The largest absolute Gasteiger partial charge is 0.483 e. The van der Waals surface area contributed by atoms with Crippen molar-refractivity contribution in [1.82, 2.24) is 10.2 Å². The van der Waals surface area contributed by atoms with Crippen molar-refractivity contribution in [3.05, 3.63) is 101 Å². The van der Waals surface area contributed by atoms with Crippen LogP contribution >= 0.6 is 11.6 Å². The predicted octanol–water partition coefficient (Wildman–Crippen LogP) is 5.40. The Labute approximate surface area is 213 Å². The van der Waals surface area contributed by atoms with Crippen molar-refractivity contribution < 1.29 is 14.3 Å². The molecular formula is C29H33ClN2O3. The zero-order valence-corrected chi connectivity index (χ0v) is 21.5. The van der Waals surface area contributed by atoms with Gasteiger partial charge < -0.3 is 15.0 Å². The molecule has 0 saturated carbocycles. The highest BCUT2D eigenvalue weighted by Gasteiger charge is 2.30. The summed E-state index contributed by atoms with van der Waals surface area (Å²) in [6.07, 6.45) is 0.387. The number of likely N-dealkylation sites (N-methyl/N-ethyl adjacent to an activating group) is 1. The van der Waals surface area contributed by atoms with Crippen LogP contribution in [0, 0.1) is 0 Å². The van der Waals surface area contributed by atoms with Gasteiger partial charge in [0.15, 0.2) is 6.61 Å². The van der Waals surface area contributed by atoms with Crippen LogP contribution < -0.4 is 10.1 Å². The van der Waals surface area contributed by atoms with E-state index in [4.69, 9.17) is 16.3 Å². The van der Waals surface area contributed by atoms with Gasteiger partial charge in [-0.2, -0.15) is 0 Å². The van der Waals surface area contributed by atoms with Crippen LogP contribution in [-0.2, 0) is 28.0 Å². The Bertz CT molecular complexity index is 1120. The lowest BCUT2D eigenvalue weighted by molar-refractivity contribution is -0.142. The third-order valence-electron chi connectivity index (χ3n) is 5.83. The normalized spacial score (nSPS) is 12.0. The molecule has 0 aliphatic rings. The van der Waals surface area contributed by atoms with E-state index in [0.29, 0.717) is 17.2 Å². The zero-order chi connectivity index (χ0) is 25.4. The van der Waals surface area contributed by atoms with Crippen molar-refractivity contribution in [1.29, 1.82) is 0 Å². The summed E-state index contributed by atoms with van der Waals surface area (Å²) < 4.78 is 6.03. The molecule has 184 valence electrons. The van der Waals surface area contributed by atoms with Gasteiger partial charge in [-0.15, -0.1) is 0 Å². The topological polar surface area (TPSA) is 58.6 Å². The van der Waals surface area contributed by atoms with Gasteiger partial charge in [0.25, 0.3) is 5.91 Å². The number of amides is 2. The first-order valence-electron chi connectivity index (χ1n) is 11.7. The molecule has 0 aliphatic carbocycles. The fraction of sp³-hybridized carbons (Fsp3) is 0.310. The van der Waals surface area contributed by atoms with Crippen LogP contribution in [0.15, 0.2) is 78.9 Å². The number of hydrogen-bond donors (Lipinski definition) is 1. The van der Waals surface area contributed by atoms with Gasteiger partial charge in [-0.25, -0.2) is 0 Å². The average molecular weight is 493 g/mol. The molecule has 0 fully saturated rings. The van der Waals surface area contributed by atoms with Gasteiger partial charge in [-0.1, -0.05) is 93.0 Å². The molecule has 35 heavy (non-hydrogen) atoms. The quantitative estimate of drug-likeness (QED) is 0.435. The van der Waals surface area contributed by atoms with Crippen LogP contribution in [-0.4, -0.2) is 36.4 Å². The molecule has 6 heteroatoms. The minimum atomic E-state index is -0.702. The first-order chi connectivity index (χ1) is 16.7. The summed E-state index contributed by atoms with van der Waals surface area (Å²) in [6.45, 7) is 6.39. The molecule has 0 heterocycles. The first kappa shape index (κ1) is 26.3. The fourth-order valence-corrected chi connectivity index (χ4v) is 4.07. The maximum absolute atomic E-state index is 13.6. The first-order valence-corrected chi connectivity index (χ1v) is 12.1. The van der Waals surface area contributed by atoms with Crippen LogP contribution in [0.1, 0.15) is 37.5 Å². The summed E-state index contributed by atoms with van der Waals surface area (Å²) in [7, 11) is 1.58. The van der Waals surface area contributed by atoms with E-state index in [2.05, 4.69) is 26.1 Å². The van der Waals surface area contributed by atoms with E-state index in [1.165, 1.54) is 0 Å². The molecule has 5 nitrogen and oxygen atoms in total. The van der Waals surface area contributed by atoms with Crippen LogP contribution in [0.2, 0.25) is 5.02 Å². The summed E-state index contributed by atoms with van der Waals surface area (Å²) >= 11 is 6.06. The Morgan fingerprint density at radius 3 is 2.17 bits per heavy atom. The Morgan fingerprint density at radius 1 is 0.914 bits per heavy atom. The molecule has 3 rings (SSSR count). The van der Waals surface area contributed by atoms with E-state index >= 15 is 0 Å². The molecular weight excluding hydrogens is 460 g/mol. The number of halogens is 1. The van der Waals surface area contributed by atoms with Crippen molar-refractivity contribution in [2.24, 2.45) is 0 Å². The van der Waals surface area contributed by atoms with E-state index in [1.807, 2.05) is 66.7 Å².